The van der Waals surface area contributed by atoms with Gasteiger partial charge in [-0.05, 0) is 69.7 Å². The summed E-state index contributed by atoms with van der Waals surface area (Å²) in [5.74, 6) is 0. The second kappa shape index (κ2) is 7.86. The minimum absolute atomic E-state index is 1.02. The number of rotatable bonds is 4. The highest BCUT2D eigenvalue weighted by molar-refractivity contribution is 7.20. The van der Waals surface area contributed by atoms with E-state index < -0.39 is 8.07 Å². The molecule has 2 aliphatic carbocycles. The van der Waals surface area contributed by atoms with Gasteiger partial charge in [0.25, 0.3) is 0 Å². The first-order valence-electron chi connectivity index (χ1n) is 11.9. The van der Waals surface area contributed by atoms with Crippen molar-refractivity contribution in [3.8, 4) is 0 Å². The number of aryl methyl sites for hydroxylation is 2. The molecule has 0 unspecified atom stereocenters. The Bertz CT molecular complexity index is 1300. The van der Waals surface area contributed by atoms with Crippen molar-refractivity contribution in [2.75, 3.05) is 0 Å². The highest BCUT2D eigenvalue weighted by Gasteiger charge is 2.45. The van der Waals surface area contributed by atoms with Crippen LogP contribution in [0.25, 0.3) is 12.2 Å². The van der Waals surface area contributed by atoms with E-state index in [4.69, 9.17) is 0 Å². The van der Waals surface area contributed by atoms with Crippen LogP contribution in [0, 0.1) is 13.8 Å². The highest BCUT2D eigenvalue weighted by atomic mass is 28.3. The molecule has 160 valence electrons. The normalized spacial score (nSPS) is 13.9. The molecule has 6 rings (SSSR count). The third-order valence-electron chi connectivity index (χ3n) is 7.32. The van der Waals surface area contributed by atoms with Crippen LogP contribution >= 0.6 is 0 Å². The first-order valence-corrected chi connectivity index (χ1v) is 13.9. The molecule has 0 aliphatic heterocycles. The van der Waals surface area contributed by atoms with Crippen LogP contribution in [-0.2, 0) is 12.8 Å². The smallest absolute Gasteiger partial charge is 0.0795 e. The van der Waals surface area contributed by atoms with E-state index >= 15 is 0 Å². The SMILES string of the molecule is Cc1cc2c(c([Si](c3ccccc3)(c3ccccc3)c3cc(C)cc4c3CC=C4)c1)CC=C2. The van der Waals surface area contributed by atoms with Gasteiger partial charge >= 0.3 is 0 Å². The van der Waals surface area contributed by atoms with Gasteiger partial charge in [-0.15, -0.1) is 0 Å². The Hall–Kier alpha value is -3.42. The topological polar surface area (TPSA) is 0 Å². The lowest BCUT2D eigenvalue weighted by molar-refractivity contribution is 1.30. The van der Waals surface area contributed by atoms with Crippen LogP contribution in [0.3, 0.4) is 0 Å². The van der Waals surface area contributed by atoms with Crippen molar-refractivity contribution in [2.24, 2.45) is 0 Å². The summed E-state index contributed by atoms with van der Waals surface area (Å²) in [4.78, 5) is 0. The summed E-state index contributed by atoms with van der Waals surface area (Å²) in [6.45, 7) is 4.51. The third-order valence-corrected chi connectivity index (χ3v) is 12.2. The molecule has 0 amide bonds. The van der Waals surface area contributed by atoms with Gasteiger partial charge in [0.15, 0.2) is 8.07 Å². The Morgan fingerprint density at radius 3 is 1.39 bits per heavy atom. The molecule has 1 heteroatoms. The molecule has 0 saturated carbocycles. The predicted molar refractivity (Wildman–Crippen MR) is 145 cm³/mol. The van der Waals surface area contributed by atoms with Crippen molar-refractivity contribution < 1.29 is 0 Å². The lowest BCUT2D eigenvalue weighted by Gasteiger charge is -2.38. The molecule has 0 saturated heterocycles. The molecule has 0 bridgehead atoms. The lowest BCUT2D eigenvalue weighted by atomic mass is 10.1. The van der Waals surface area contributed by atoms with Gasteiger partial charge in [0, 0.05) is 0 Å². The maximum absolute atomic E-state index is 2.56. The molecule has 2 aliphatic rings. The van der Waals surface area contributed by atoms with E-state index in [1.54, 1.807) is 10.4 Å². The van der Waals surface area contributed by atoms with Crippen molar-refractivity contribution in [3.05, 3.63) is 130 Å². The molecular formula is C32H28Si. The van der Waals surface area contributed by atoms with E-state index in [-0.39, 0.29) is 0 Å². The summed E-state index contributed by atoms with van der Waals surface area (Å²) in [6.07, 6.45) is 11.4. The van der Waals surface area contributed by atoms with E-state index in [0.29, 0.717) is 0 Å². The minimum Gasteiger partial charge on any atom is -0.0795 e. The quantitative estimate of drug-likeness (QED) is 0.315. The second-order valence-corrected chi connectivity index (χ2v) is 13.2. The number of allylic oxidation sites excluding steroid dienone is 2. The molecule has 0 radical (unpaired) electrons. The fraction of sp³-hybridized carbons (Fsp3) is 0.125. The summed E-state index contributed by atoms with van der Waals surface area (Å²) in [7, 11) is -2.56. The molecule has 4 aromatic rings. The standard InChI is InChI=1S/C32H28Si/c1-23-19-25-11-9-17-29(25)31(21-23)33(27-13-5-3-6-14-27,28-15-7-4-8-16-28)32-22-24(2)20-26-12-10-18-30(26)32/h3-16,19-22H,17-18H2,1-2H3. The molecule has 0 heterocycles. The Morgan fingerprint density at radius 1 is 0.545 bits per heavy atom. The Kier molecular flexibility index (Phi) is 4.81. The van der Waals surface area contributed by atoms with Crippen LogP contribution in [0.4, 0.5) is 0 Å². The summed E-state index contributed by atoms with van der Waals surface area (Å²) >= 11 is 0. The monoisotopic (exact) mass is 440 g/mol. The van der Waals surface area contributed by atoms with Crippen LogP contribution < -0.4 is 20.7 Å². The number of fused-ring (bicyclic) bond motifs is 2. The van der Waals surface area contributed by atoms with E-state index in [0.717, 1.165) is 12.8 Å². The van der Waals surface area contributed by atoms with E-state index in [1.165, 1.54) is 43.8 Å². The zero-order valence-corrected chi connectivity index (χ0v) is 20.3. The van der Waals surface area contributed by atoms with Crippen LogP contribution in [-0.4, -0.2) is 8.07 Å². The summed E-state index contributed by atoms with van der Waals surface area (Å²) in [6, 6.07) is 32.5. The zero-order chi connectivity index (χ0) is 22.4. The largest absolute Gasteiger partial charge is 0.180 e. The van der Waals surface area contributed by atoms with Gasteiger partial charge in [0.1, 0.15) is 0 Å². The first kappa shape index (κ1) is 20.2. The van der Waals surface area contributed by atoms with Crippen molar-refractivity contribution in [2.45, 2.75) is 26.7 Å². The van der Waals surface area contributed by atoms with Gasteiger partial charge in [-0.2, -0.15) is 0 Å². The van der Waals surface area contributed by atoms with Gasteiger partial charge in [0.2, 0.25) is 0 Å². The molecule has 0 fully saturated rings. The summed E-state index contributed by atoms with van der Waals surface area (Å²) in [5.41, 5.74) is 8.53. The van der Waals surface area contributed by atoms with Crippen molar-refractivity contribution >= 4 is 41.0 Å². The van der Waals surface area contributed by atoms with Gasteiger partial charge in [-0.25, -0.2) is 0 Å². The fourth-order valence-electron chi connectivity index (χ4n) is 6.03. The molecule has 0 aromatic heterocycles. The molecule has 33 heavy (non-hydrogen) atoms. The van der Waals surface area contributed by atoms with Gasteiger partial charge in [0.05, 0.1) is 0 Å². The number of hydrogen-bond donors (Lipinski definition) is 0. The van der Waals surface area contributed by atoms with E-state index in [9.17, 15) is 0 Å². The Labute approximate surface area is 198 Å². The van der Waals surface area contributed by atoms with Gasteiger partial charge < -0.3 is 0 Å². The molecule has 0 nitrogen and oxygen atoms in total. The van der Waals surface area contributed by atoms with Crippen LogP contribution in [0.15, 0.2) is 97.1 Å². The van der Waals surface area contributed by atoms with Gasteiger partial charge in [-0.1, -0.05) is 120 Å². The average Bonchev–Trinajstić information content (AvgIpc) is 3.50. The minimum atomic E-state index is -2.56. The van der Waals surface area contributed by atoms with Gasteiger partial charge in [-0.3, -0.25) is 0 Å². The van der Waals surface area contributed by atoms with Crippen LogP contribution in [0.2, 0.25) is 0 Å². The van der Waals surface area contributed by atoms with Crippen LogP contribution in [0.5, 0.6) is 0 Å². The maximum Gasteiger partial charge on any atom is 0.180 e. The zero-order valence-electron chi connectivity index (χ0n) is 19.3. The maximum atomic E-state index is 2.51. The first-order chi connectivity index (χ1) is 16.2. The molecule has 0 atom stereocenters. The fourth-order valence-corrected chi connectivity index (χ4v) is 11.6. The van der Waals surface area contributed by atoms with E-state index in [2.05, 4.69) is 123 Å². The predicted octanol–water partition coefficient (Wildman–Crippen LogP) is 4.82. The second-order valence-electron chi connectivity index (χ2n) is 9.46. The van der Waals surface area contributed by atoms with Crippen LogP contribution in [0.1, 0.15) is 33.4 Å². The third kappa shape index (κ3) is 3.11. The van der Waals surface area contributed by atoms with Crippen molar-refractivity contribution in [1.82, 2.24) is 0 Å². The molecule has 0 spiro atoms. The molecule has 0 N–H and O–H groups in total. The van der Waals surface area contributed by atoms with Crippen molar-refractivity contribution in [3.63, 3.8) is 0 Å². The molecule has 4 aromatic carbocycles. The van der Waals surface area contributed by atoms with E-state index in [1.807, 2.05) is 0 Å². The number of hydrogen-bond acceptors (Lipinski definition) is 0. The Morgan fingerprint density at radius 2 is 0.970 bits per heavy atom. The lowest BCUT2D eigenvalue weighted by Crippen LogP contribution is -2.76. The molecular weight excluding hydrogens is 412 g/mol. The average molecular weight is 441 g/mol. The Balaban J connectivity index is 1.82. The number of benzene rings is 4. The van der Waals surface area contributed by atoms with Crippen molar-refractivity contribution in [1.29, 1.82) is 0 Å². The summed E-state index contributed by atoms with van der Waals surface area (Å²) < 4.78 is 0. The highest BCUT2D eigenvalue weighted by Crippen LogP contribution is 2.26. The summed E-state index contributed by atoms with van der Waals surface area (Å²) in [5, 5.41) is 6.05.